The number of hydrogen-bond donors (Lipinski definition) is 1. The van der Waals surface area contributed by atoms with Crippen LogP contribution in [0, 0.1) is 0 Å². The summed E-state index contributed by atoms with van der Waals surface area (Å²) in [5.41, 5.74) is 1.12. The summed E-state index contributed by atoms with van der Waals surface area (Å²) >= 11 is 0. The SMILES string of the molecule is COCCc1noc(CN2C[C@H](O)C[C@H]2c2cccc(OC)c2)n1. The van der Waals surface area contributed by atoms with Crippen molar-refractivity contribution in [2.45, 2.75) is 31.5 Å². The molecule has 0 aliphatic carbocycles. The molecular formula is C17H23N3O4. The van der Waals surface area contributed by atoms with Crippen molar-refractivity contribution in [2.75, 3.05) is 27.4 Å². The van der Waals surface area contributed by atoms with Crippen LogP contribution in [0.3, 0.4) is 0 Å². The quantitative estimate of drug-likeness (QED) is 0.824. The van der Waals surface area contributed by atoms with Gasteiger partial charge in [-0.3, -0.25) is 4.90 Å². The molecule has 1 N–H and O–H groups in total. The van der Waals surface area contributed by atoms with E-state index >= 15 is 0 Å². The third-order valence-electron chi connectivity index (χ3n) is 4.24. The van der Waals surface area contributed by atoms with Crippen LogP contribution in [0.25, 0.3) is 0 Å². The maximum absolute atomic E-state index is 10.1. The number of methoxy groups -OCH3 is 2. The topological polar surface area (TPSA) is 80.9 Å². The molecular weight excluding hydrogens is 310 g/mol. The van der Waals surface area contributed by atoms with E-state index in [2.05, 4.69) is 21.1 Å². The van der Waals surface area contributed by atoms with Gasteiger partial charge >= 0.3 is 0 Å². The Bertz CT molecular complexity index is 661. The third-order valence-corrected chi connectivity index (χ3v) is 4.24. The molecule has 1 fully saturated rings. The van der Waals surface area contributed by atoms with E-state index < -0.39 is 0 Å². The van der Waals surface area contributed by atoms with Gasteiger partial charge in [0.1, 0.15) is 5.75 Å². The number of aromatic nitrogens is 2. The molecule has 1 aliphatic rings. The van der Waals surface area contributed by atoms with Gasteiger partial charge in [0, 0.05) is 26.1 Å². The molecule has 130 valence electrons. The van der Waals surface area contributed by atoms with Crippen molar-refractivity contribution in [1.29, 1.82) is 0 Å². The Labute approximate surface area is 141 Å². The lowest BCUT2D eigenvalue weighted by Gasteiger charge is -2.23. The van der Waals surface area contributed by atoms with E-state index in [4.69, 9.17) is 14.0 Å². The average molecular weight is 333 g/mol. The summed E-state index contributed by atoms with van der Waals surface area (Å²) in [6.07, 6.45) is 0.942. The lowest BCUT2D eigenvalue weighted by Crippen LogP contribution is -2.24. The molecule has 0 unspecified atom stereocenters. The molecule has 0 bridgehead atoms. The predicted octanol–water partition coefficient (Wildman–Crippen LogP) is 1.58. The predicted molar refractivity (Wildman–Crippen MR) is 86.6 cm³/mol. The van der Waals surface area contributed by atoms with Gasteiger partial charge in [0.2, 0.25) is 5.89 Å². The van der Waals surface area contributed by atoms with E-state index in [0.717, 1.165) is 11.3 Å². The van der Waals surface area contributed by atoms with Crippen LogP contribution in [0.1, 0.15) is 29.7 Å². The van der Waals surface area contributed by atoms with Gasteiger partial charge in [0.05, 0.1) is 26.4 Å². The fraction of sp³-hybridized carbons (Fsp3) is 0.529. The van der Waals surface area contributed by atoms with Crippen LogP contribution >= 0.6 is 0 Å². The zero-order valence-corrected chi connectivity index (χ0v) is 14.0. The van der Waals surface area contributed by atoms with Gasteiger partial charge in [-0.2, -0.15) is 4.98 Å². The molecule has 0 amide bonds. The number of β-amino-alcohol motifs (C(OH)–C–C–N with tert-alkyl or cyclic N) is 1. The van der Waals surface area contributed by atoms with E-state index in [9.17, 15) is 5.11 Å². The van der Waals surface area contributed by atoms with Crippen LogP contribution < -0.4 is 4.74 Å². The summed E-state index contributed by atoms with van der Waals surface area (Å²) in [6, 6.07) is 8.04. The van der Waals surface area contributed by atoms with Gasteiger partial charge in [-0.05, 0) is 24.1 Å². The first-order valence-corrected chi connectivity index (χ1v) is 8.06. The summed E-state index contributed by atoms with van der Waals surface area (Å²) in [5.74, 6) is 2.01. The molecule has 1 aromatic heterocycles. The van der Waals surface area contributed by atoms with Crippen molar-refractivity contribution in [3.05, 3.63) is 41.5 Å². The van der Waals surface area contributed by atoms with Gasteiger partial charge < -0.3 is 19.1 Å². The lowest BCUT2D eigenvalue weighted by molar-refractivity contribution is 0.164. The zero-order valence-electron chi connectivity index (χ0n) is 14.0. The Kier molecular flexibility index (Phi) is 5.44. The molecule has 7 heteroatoms. The second kappa shape index (κ2) is 7.74. The highest BCUT2D eigenvalue weighted by Gasteiger charge is 2.33. The van der Waals surface area contributed by atoms with E-state index in [1.54, 1.807) is 14.2 Å². The van der Waals surface area contributed by atoms with Gasteiger partial charge in [0.25, 0.3) is 0 Å². The molecule has 0 radical (unpaired) electrons. The standard InChI is InChI=1S/C17H23N3O4/c1-22-7-6-16-18-17(24-19-16)11-20-10-13(21)9-15(20)12-4-3-5-14(8-12)23-2/h3-5,8,13,15,21H,6-7,9-11H2,1-2H3/t13-,15+/m1/s1. The van der Waals surface area contributed by atoms with Gasteiger partial charge in [-0.15, -0.1) is 0 Å². The van der Waals surface area contributed by atoms with Gasteiger partial charge in [-0.25, -0.2) is 0 Å². The smallest absolute Gasteiger partial charge is 0.240 e. The minimum Gasteiger partial charge on any atom is -0.497 e. The van der Waals surface area contributed by atoms with E-state index in [1.165, 1.54) is 0 Å². The summed E-state index contributed by atoms with van der Waals surface area (Å²) in [5, 5.41) is 14.1. The van der Waals surface area contributed by atoms with E-state index in [-0.39, 0.29) is 12.1 Å². The number of aliphatic hydroxyl groups is 1. The third kappa shape index (κ3) is 3.92. The number of hydrogen-bond acceptors (Lipinski definition) is 7. The number of likely N-dealkylation sites (tertiary alicyclic amines) is 1. The molecule has 2 heterocycles. The Morgan fingerprint density at radius 2 is 2.25 bits per heavy atom. The minimum atomic E-state index is -0.364. The molecule has 24 heavy (non-hydrogen) atoms. The van der Waals surface area contributed by atoms with Crippen LogP contribution in [0.5, 0.6) is 5.75 Å². The largest absolute Gasteiger partial charge is 0.497 e. The van der Waals surface area contributed by atoms with Crippen molar-refractivity contribution in [2.24, 2.45) is 0 Å². The second-order valence-electron chi connectivity index (χ2n) is 5.96. The highest BCUT2D eigenvalue weighted by molar-refractivity contribution is 5.31. The van der Waals surface area contributed by atoms with Crippen molar-refractivity contribution in [1.82, 2.24) is 15.0 Å². The monoisotopic (exact) mass is 333 g/mol. The van der Waals surface area contributed by atoms with Crippen molar-refractivity contribution >= 4 is 0 Å². The second-order valence-corrected chi connectivity index (χ2v) is 5.96. The van der Waals surface area contributed by atoms with Crippen LogP contribution in [0.2, 0.25) is 0 Å². The maximum Gasteiger partial charge on any atom is 0.240 e. The number of aliphatic hydroxyl groups excluding tert-OH is 1. The molecule has 1 aromatic carbocycles. The molecule has 2 aromatic rings. The first kappa shape index (κ1) is 16.9. The molecule has 0 spiro atoms. The van der Waals surface area contributed by atoms with E-state index in [1.807, 2.05) is 18.2 Å². The van der Waals surface area contributed by atoms with Gasteiger partial charge in [-0.1, -0.05) is 17.3 Å². The Morgan fingerprint density at radius 1 is 1.38 bits per heavy atom. The molecule has 1 saturated heterocycles. The Hall–Kier alpha value is -1.96. The molecule has 2 atom stereocenters. The molecule has 7 nitrogen and oxygen atoms in total. The zero-order chi connectivity index (χ0) is 16.9. The van der Waals surface area contributed by atoms with Crippen molar-refractivity contribution in [3.63, 3.8) is 0 Å². The average Bonchev–Trinajstić information content (AvgIpc) is 3.19. The van der Waals surface area contributed by atoms with Crippen LogP contribution in [-0.4, -0.2) is 53.6 Å². The van der Waals surface area contributed by atoms with Crippen LogP contribution in [0.4, 0.5) is 0 Å². The summed E-state index contributed by atoms with van der Waals surface area (Å²) < 4.78 is 15.6. The van der Waals surface area contributed by atoms with Crippen LogP contribution in [-0.2, 0) is 17.7 Å². The highest BCUT2D eigenvalue weighted by atomic mass is 16.5. The number of nitrogens with zero attached hydrogens (tertiary/aromatic N) is 3. The van der Waals surface area contributed by atoms with Crippen molar-refractivity contribution in [3.8, 4) is 5.75 Å². The highest BCUT2D eigenvalue weighted by Crippen LogP contribution is 2.34. The van der Waals surface area contributed by atoms with Gasteiger partial charge in [0.15, 0.2) is 5.82 Å². The first-order chi connectivity index (χ1) is 11.7. The van der Waals surface area contributed by atoms with E-state index in [0.29, 0.717) is 44.3 Å². The summed E-state index contributed by atoms with van der Waals surface area (Å²) in [6.45, 7) is 1.66. The van der Waals surface area contributed by atoms with Crippen molar-refractivity contribution < 1.29 is 19.1 Å². The Balaban J connectivity index is 1.72. The first-order valence-electron chi connectivity index (χ1n) is 8.06. The fourth-order valence-electron chi connectivity index (χ4n) is 3.07. The van der Waals surface area contributed by atoms with Crippen LogP contribution in [0.15, 0.2) is 28.8 Å². The number of benzene rings is 1. The summed E-state index contributed by atoms with van der Waals surface area (Å²) in [4.78, 5) is 6.55. The molecule has 0 saturated carbocycles. The Morgan fingerprint density at radius 3 is 3.04 bits per heavy atom. The number of rotatable bonds is 7. The number of ether oxygens (including phenoxy) is 2. The maximum atomic E-state index is 10.1. The summed E-state index contributed by atoms with van der Waals surface area (Å²) in [7, 11) is 3.30. The fourth-order valence-corrected chi connectivity index (χ4v) is 3.07. The minimum absolute atomic E-state index is 0.101. The lowest BCUT2D eigenvalue weighted by atomic mass is 10.0. The molecule has 1 aliphatic heterocycles. The molecule has 3 rings (SSSR count). The normalized spacial score (nSPS) is 21.3.